The molecule has 0 amide bonds. The predicted octanol–water partition coefficient (Wildman–Crippen LogP) is 3.29. The monoisotopic (exact) mass is 257 g/mol. The van der Waals surface area contributed by atoms with E-state index in [1.807, 2.05) is 6.08 Å². The van der Waals surface area contributed by atoms with Gasteiger partial charge in [-0.15, -0.1) is 6.58 Å². The molecule has 2 aliphatic heterocycles. The molecule has 3 fully saturated rings. The second kappa shape index (κ2) is 4.77. The molecule has 2 nitrogen and oxygen atoms in total. The zero-order valence-electron chi connectivity index (χ0n) is 11.6. The number of rotatable bonds is 3. The van der Waals surface area contributed by atoms with Crippen molar-refractivity contribution in [3.8, 4) is 0 Å². The van der Waals surface area contributed by atoms with Crippen LogP contribution in [0.25, 0.3) is 0 Å². The van der Waals surface area contributed by atoms with Crippen LogP contribution in [0.15, 0.2) is 43.0 Å². The van der Waals surface area contributed by atoms with Crippen LogP contribution in [0.4, 0.5) is 0 Å². The van der Waals surface area contributed by atoms with Crippen LogP contribution < -0.4 is 0 Å². The molecule has 102 valence electrons. The maximum absolute atomic E-state index is 10.8. The molecule has 1 N–H and O–H groups in total. The first-order chi connectivity index (χ1) is 9.15. The van der Waals surface area contributed by atoms with E-state index >= 15 is 0 Å². The van der Waals surface area contributed by atoms with Gasteiger partial charge in [-0.25, -0.2) is 0 Å². The van der Waals surface area contributed by atoms with E-state index in [1.165, 1.54) is 5.56 Å². The van der Waals surface area contributed by atoms with Gasteiger partial charge in [0.05, 0.1) is 11.6 Å². The zero-order chi connectivity index (χ0) is 13.5. The minimum absolute atomic E-state index is 0.0928. The Morgan fingerprint density at radius 2 is 1.95 bits per heavy atom. The normalized spacial score (nSPS) is 36.1. The van der Waals surface area contributed by atoms with E-state index in [9.17, 15) is 5.11 Å². The van der Waals surface area contributed by atoms with Crippen molar-refractivity contribution in [1.29, 1.82) is 0 Å². The lowest BCUT2D eigenvalue weighted by Crippen LogP contribution is -2.64. The van der Waals surface area contributed by atoms with Crippen molar-refractivity contribution in [3.05, 3.63) is 48.6 Å². The van der Waals surface area contributed by atoms with Crippen LogP contribution in [0.5, 0.6) is 0 Å². The second-order valence-corrected chi connectivity index (χ2v) is 6.05. The van der Waals surface area contributed by atoms with E-state index in [4.69, 9.17) is 0 Å². The Morgan fingerprint density at radius 1 is 1.32 bits per heavy atom. The lowest BCUT2D eigenvalue weighted by Gasteiger charge is -2.57. The average molecular weight is 257 g/mol. The maximum Gasteiger partial charge on any atom is 0.0839 e. The maximum atomic E-state index is 10.8. The Hall–Kier alpha value is -1.12. The van der Waals surface area contributed by atoms with E-state index in [2.05, 4.69) is 48.7 Å². The van der Waals surface area contributed by atoms with Crippen molar-refractivity contribution in [2.24, 2.45) is 0 Å². The molecule has 3 aliphatic rings. The fourth-order valence-electron chi connectivity index (χ4n) is 4.00. The molecule has 1 aromatic rings. The Labute approximate surface area is 115 Å². The number of fused-ring (bicyclic) bond motifs is 3. The van der Waals surface area contributed by atoms with Gasteiger partial charge in [0, 0.05) is 12.1 Å². The molecule has 1 unspecified atom stereocenters. The molecule has 0 spiro atoms. The first kappa shape index (κ1) is 12.9. The summed E-state index contributed by atoms with van der Waals surface area (Å²) in [6.45, 7) is 6.22. The molecule has 2 atom stereocenters. The molecular weight excluding hydrogens is 234 g/mol. The second-order valence-electron chi connectivity index (χ2n) is 6.05. The first-order valence-electron chi connectivity index (χ1n) is 7.33. The summed E-state index contributed by atoms with van der Waals surface area (Å²) in [7, 11) is 0. The van der Waals surface area contributed by atoms with Gasteiger partial charge in [0.15, 0.2) is 0 Å². The third-order valence-electron chi connectivity index (χ3n) is 5.07. The van der Waals surface area contributed by atoms with Gasteiger partial charge in [-0.1, -0.05) is 36.4 Å². The van der Waals surface area contributed by atoms with Gasteiger partial charge in [-0.05, 0) is 38.2 Å². The summed E-state index contributed by atoms with van der Waals surface area (Å²) < 4.78 is 0. The third-order valence-corrected chi connectivity index (χ3v) is 5.07. The van der Waals surface area contributed by atoms with Crippen molar-refractivity contribution in [1.82, 2.24) is 4.90 Å². The number of aliphatic hydroxyl groups is 1. The van der Waals surface area contributed by atoms with Crippen LogP contribution >= 0.6 is 0 Å². The predicted molar refractivity (Wildman–Crippen MR) is 77.9 cm³/mol. The highest BCUT2D eigenvalue weighted by Gasteiger charge is 2.51. The summed E-state index contributed by atoms with van der Waals surface area (Å²) in [4.78, 5) is 2.48. The van der Waals surface area contributed by atoms with Gasteiger partial charge in [-0.2, -0.15) is 0 Å². The number of nitrogens with zero attached hydrogens (tertiary/aromatic N) is 1. The summed E-state index contributed by atoms with van der Waals surface area (Å²) in [5.74, 6) is 0. The summed E-state index contributed by atoms with van der Waals surface area (Å²) in [5, 5.41) is 10.8. The molecule has 2 heterocycles. The number of hydrogen-bond donors (Lipinski definition) is 1. The van der Waals surface area contributed by atoms with Crippen LogP contribution in [0, 0.1) is 0 Å². The molecule has 19 heavy (non-hydrogen) atoms. The van der Waals surface area contributed by atoms with E-state index in [-0.39, 0.29) is 6.04 Å². The minimum Gasteiger partial charge on any atom is -0.388 e. The van der Waals surface area contributed by atoms with Gasteiger partial charge in [0.2, 0.25) is 0 Å². The van der Waals surface area contributed by atoms with E-state index in [0.717, 1.165) is 25.7 Å². The van der Waals surface area contributed by atoms with Crippen molar-refractivity contribution in [3.63, 3.8) is 0 Å². The highest BCUT2D eigenvalue weighted by Crippen LogP contribution is 2.46. The lowest BCUT2D eigenvalue weighted by atomic mass is 9.70. The van der Waals surface area contributed by atoms with Gasteiger partial charge >= 0.3 is 0 Å². The van der Waals surface area contributed by atoms with Gasteiger partial charge < -0.3 is 5.11 Å². The molecular formula is C17H23NO. The molecule has 1 aliphatic carbocycles. The topological polar surface area (TPSA) is 23.5 Å². The SMILES string of the molecule is C=CC1N([C@H](C)c2ccccc2)C2CCC1(O)CC2. The Kier molecular flexibility index (Phi) is 3.23. The average Bonchev–Trinajstić information content (AvgIpc) is 2.46. The summed E-state index contributed by atoms with van der Waals surface area (Å²) >= 11 is 0. The molecule has 4 rings (SSSR count). The van der Waals surface area contributed by atoms with Crippen molar-refractivity contribution in [2.75, 3.05) is 0 Å². The molecule has 2 heteroatoms. The smallest absolute Gasteiger partial charge is 0.0839 e. The van der Waals surface area contributed by atoms with Crippen LogP contribution in [0.2, 0.25) is 0 Å². The summed E-state index contributed by atoms with van der Waals surface area (Å²) in [6.07, 6.45) is 6.01. The Bertz CT molecular complexity index is 448. The quantitative estimate of drug-likeness (QED) is 0.840. The number of hydrogen-bond acceptors (Lipinski definition) is 2. The highest BCUT2D eigenvalue weighted by molar-refractivity contribution is 5.22. The van der Waals surface area contributed by atoms with Crippen molar-refractivity contribution < 1.29 is 5.11 Å². The molecule has 0 aromatic heterocycles. The first-order valence-corrected chi connectivity index (χ1v) is 7.33. The van der Waals surface area contributed by atoms with Crippen LogP contribution in [-0.2, 0) is 0 Å². The highest BCUT2D eigenvalue weighted by atomic mass is 16.3. The molecule has 1 saturated carbocycles. The minimum atomic E-state index is -0.556. The zero-order valence-corrected chi connectivity index (χ0v) is 11.6. The van der Waals surface area contributed by atoms with Gasteiger partial charge in [0.25, 0.3) is 0 Å². The largest absolute Gasteiger partial charge is 0.388 e. The van der Waals surface area contributed by atoms with Crippen LogP contribution in [0.1, 0.15) is 44.2 Å². The van der Waals surface area contributed by atoms with E-state index < -0.39 is 5.60 Å². The molecule has 2 saturated heterocycles. The third kappa shape index (κ3) is 2.03. The van der Waals surface area contributed by atoms with Gasteiger partial charge in [-0.3, -0.25) is 4.90 Å². The summed E-state index contributed by atoms with van der Waals surface area (Å²) in [5.41, 5.74) is 0.769. The van der Waals surface area contributed by atoms with E-state index in [0.29, 0.717) is 12.1 Å². The number of piperidine rings is 2. The Balaban J connectivity index is 1.92. The van der Waals surface area contributed by atoms with Crippen molar-refractivity contribution >= 4 is 0 Å². The molecule has 2 bridgehead atoms. The van der Waals surface area contributed by atoms with Crippen LogP contribution in [0.3, 0.4) is 0 Å². The molecule has 0 radical (unpaired) electrons. The standard InChI is InChI=1S/C17H23NO/c1-3-16-17(19)11-9-15(10-12-17)18(16)13(2)14-7-5-4-6-8-14/h3-8,13,15-16,19H,1,9-12H2,2H3/t13-,15?,16?,17?/m1/s1. The lowest BCUT2D eigenvalue weighted by molar-refractivity contribution is -0.140. The van der Waals surface area contributed by atoms with Crippen molar-refractivity contribution in [2.45, 2.75) is 56.3 Å². The Morgan fingerprint density at radius 3 is 2.53 bits per heavy atom. The number of benzene rings is 1. The molecule has 1 aromatic carbocycles. The summed E-state index contributed by atoms with van der Waals surface area (Å²) in [6, 6.07) is 11.6. The fraction of sp³-hybridized carbons (Fsp3) is 0.529. The fourth-order valence-corrected chi connectivity index (χ4v) is 4.00. The van der Waals surface area contributed by atoms with E-state index in [1.54, 1.807) is 0 Å². The van der Waals surface area contributed by atoms with Gasteiger partial charge in [0.1, 0.15) is 0 Å². The van der Waals surface area contributed by atoms with Crippen LogP contribution in [-0.4, -0.2) is 27.7 Å².